The molecule has 10 heavy (non-hydrogen) atoms. The standard InChI is InChI=1S/C7H14N2S/c1-4-9(10-5-2)7-6-8-3/h6-7H,3-5H2,1-2H3. The molecule has 0 aromatic carbocycles. The lowest BCUT2D eigenvalue weighted by Crippen LogP contribution is -2.06. The van der Waals surface area contributed by atoms with Gasteiger partial charge in [-0.05, 0) is 13.6 Å². The van der Waals surface area contributed by atoms with E-state index < -0.39 is 0 Å². The molecular weight excluding hydrogens is 144 g/mol. The Kier molecular flexibility index (Phi) is 6.38. The van der Waals surface area contributed by atoms with Gasteiger partial charge in [-0.15, -0.1) is 0 Å². The first kappa shape index (κ1) is 9.56. The van der Waals surface area contributed by atoms with Crippen molar-refractivity contribution in [3.8, 4) is 0 Å². The van der Waals surface area contributed by atoms with E-state index in [4.69, 9.17) is 0 Å². The molecule has 0 N–H and O–H groups in total. The van der Waals surface area contributed by atoms with Gasteiger partial charge < -0.3 is 4.31 Å². The Bertz CT molecular complexity index is 112. The van der Waals surface area contributed by atoms with Crippen LogP contribution in [0.5, 0.6) is 0 Å². The minimum Gasteiger partial charge on any atom is -0.322 e. The second-order valence-electron chi connectivity index (χ2n) is 1.63. The molecule has 0 spiro atoms. The summed E-state index contributed by atoms with van der Waals surface area (Å²) in [6.45, 7) is 8.59. The molecule has 58 valence electrons. The lowest BCUT2D eigenvalue weighted by atomic mass is 10.7. The van der Waals surface area contributed by atoms with Crippen LogP contribution in [0.4, 0.5) is 0 Å². The summed E-state index contributed by atoms with van der Waals surface area (Å²) in [6.07, 6.45) is 3.63. The predicted octanol–water partition coefficient (Wildman–Crippen LogP) is 2.15. The summed E-state index contributed by atoms with van der Waals surface area (Å²) >= 11 is 1.78. The van der Waals surface area contributed by atoms with Gasteiger partial charge in [-0.1, -0.05) is 18.9 Å². The number of aliphatic imine (C=N–C) groups is 1. The van der Waals surface area contributed by atoms with E-state index in [0.29, 0.717) is 0 Å². The monoisotopic (exact) mass is 158 g/mol. The van der Waals surface area contributed by atoms with Crippen LogP contribution in [0.1, 0.15) is 13.8 Å². The van der Waals surface area contributed by atoms with Gasteiger partial charge in [-0.25, -0.2) is 0 Å². The Morgan fingerprint density at radius 1 is 1.60 bits per heavy atom. The van der Waals surface area contributed by atoms with Crippen molar-refractivity contribution in [3.63, 3.8) is 0 Å². The summed E-state index contributed by atoms with van der Waals surface area (Å²) in [6, 6.07) is 0. The highest BCUT2D eigenvalue weighted by molar-refractivity contribution is 7.97. The molecule has 3 heteroatoms. The molecule has 0 aliphatic heterocycles. The Morgan fingerprint density at radius 3 is 2.70 bits per heavy atom. The van der Waals surface area contributed by atoms with Crippen LogP contribution < -0.4 is 0 Å². The van der Waals surface area contributed by atoms with Gasteiger partial charge in [0.05, 0.1) is 0 Å². The van der Waals surface area contributed by atoms with Crippen LogP contribution in [-0.2, 0) is 0 Å². The van der Waals surface area contributed by atoms with Gasteiger partial charge in [0.2, 0.25) is 0 Å². The molecule has 0 amide bonds. The average Bonchev–Trinajstić information content (AvgIpc) is 1.98. The molecule has 0 aliphatic carbocycles. The summed E-state index contributed by atoms with van der Waals surface area (Å²) < 4.78 is 2.12. The van der Waals surface area contributed by atoms with Crippen molar-refractivity contribution >= 4 is 18.7 Å². The summed E-state index contributed by atoms with van der Waals surface area (Å²) in [5.41, 5.74) is 0. The number of hydrogen-bond donors (Lipinski definition) is 0. The molecule has 0 heterocycles. The topological polar surface area (TPSA) is 15.6 Å². The minimum atomic E-state index is 1.00. The van der Waals surface area contributed by atoms with E-state index in [-0.39, 0.29) is 0 Å². The van der Waals surface area contributed by atoms with Crippen molar-refractivity contribution in [1.29, 1.82) is 0 Å². The second kappa shape index (κ2) is 6.68. The van der Waals surface area contributed by atoms with E-state index in [0.717, 1.165) is 12.3 Å². The smallest absolute Gasteiger partial charge is 0.0428 e. The highest BCUT2D eigenvalue weighted by Crippen LogP contribution is 2.08. The Morgan fingerprint density at radius 2 is 2.30 bits per heavy atom. The van der Waals surface area contributed by atoms with Crippen LogP contribution in [0.2, 0.25) is 0 Å². The van der Waals surface area contributed by atoms with Crippen molar-refractivity contribution in [2.75, 3.05) is 12.3 Å². The zero-order chi connectivity index (χ0) is 7.82. The van der Waals surface area contributed by atoms with Gasteiger partial charge in [0.1, 0.15) is 0 Å². The Balaban J connectivity index is 3.58. The molecule has 2 nitrogen and oxygen atoms in total. The maximum absolute atomic E-state index is 3.62. The summed E-state index contributed by atoms with van der Waals surface area (Å²) in [5, 5.41) is 0. The molecule has 0 saturated heterocycles. The molecule has 0 radical (unpaired) electrons. The van der Waals surface area contributed by atoms with Crippen LogP contribution in [0.25, 0.3) is 0 Å². The van der Waals surface area contributed by atoms with Gasteiger partial charge in [0, 0.05) is 24.7 Å². The maximum atomic E-state index is 3.62. The number of rotatable bonds is 5. The quantitative estimate of drug-likeness (QED) is 0.450. The van der Waals surface area contributed by atoms with Crippen LogP contribution in [-0.4, -0.2) is 23.3 Å². The normalized spacial score (nSPS) is 10.2. The van der Waals surface area contributed by atoms with Gasteiger partial charge in [0.25, 0.3) is 0 Å². The maximum Gasteiger partial charge on any atom is 0.0428 e. The van der Waals surface area contributed by atoms with E-state index in [2.05, 4.69) is 29.9 Å². The molecule has 0 unspecified atom stereocenters. The van der Waals surface area contributed by atoms with Crippen LogP contribution in [0.15, 0.2) is 17.4 Å². The second-order valence-corrected chi connectivity index (χ2v) is 2.94. The van der Waals surface area contributed by atoms with Crippen molar-refractivity contribution in [1.82, 2.24) is 4.31 Å². The Labute approximate surface area is 67.2 Å². The molecule has 0 aromatic rings. The molecule has 0 saturated carbocycles. The van der Waals surface area contributed by atoms with Gasteiger partial charge in [0.15, 0.2) is 0 Å². The SMILES string of the molecule is C=NC=CN(CC)SCC. The number of nitrogens with zero attached hydrogens (tertiary/aromatic N) is 2. The predicted molar refractivity (Wildman–Crippen MR) is 49.2 cm³/mol. The van der Waals surface area contributed by atoms with Crippen molar-refractivity contribution in [2.45, 2.75) is 13.8 Å². The van der Waals surface area contributed by atoms with E-state index in [1.54, 1.807) is 18.1 Å². The van der Waals surface area contributed by atoms with Gasteiger partial charge in [-0.3, -0.25) is 4.99 Å². The highest BCUT2D eigenvalue weighted by Gasteiger charge is 1.90. The fourth-order valence-corrected chi connectivity index (χ4v) is 1.18. The van der Waals surface area contributed by atoms with Gasteiger partial charge in [-0.2, -0.15) is 0 Å². The molecule has 0 fully saturated rings. The van der Waals surface area contributed by atoms with E-state index in [9.17, 15) is 0 Å². The van der Waals surface area contributed by atoms with E-state index >= 15 is 0 Å². The van der Waals surface area contributed by atoms with Crippen molar-refractivity contribution in [2.24, 2.45) is 4.99 Å². The molecule has 0 bridgehead atoms. The lowest BCUT2D eigenvalue weighted by Gasteiger charge is -2.13. The van der Waals surface area contributed by atoms with Crippen molar-refractivity contribution < 1.29 is 0 Å². The third kappa shape index (κ3) is 4.44. The van der Waals surface area contributed by atoms with E-state index in [1.165, 1.54) is 0 Å². The first-order valence-corrected chi connectivity index (χ1v) is 4.31. The fraction of sp³-hybridized carbons (Fsp3) is 0.571. The molecule has 0 aliphatic rings. The minimum absolute atomic E-state index is 1.00. The van der Waals surface area contributed by atoms with Crippen LogP contribution in [0.3, 0.4) is 0 Å². The lowest BCUT2D eigenvalue weighted by molar-refractivity contribution is 0.658. The van der Waals surface area contributed by atoms with Crippen LogP contribution >= 0.6 is 11.9 Å². The highest BCUT2D eigenvalue weighted by atomic mass is 32.2. The number of hydrogen-bond acceptors (Lipinski definition) is 3. The first-order chi connectivity index (χ1) is 4.85. The average molecular weight is 158 g/mol. The molecule has 0 rings (SSSR count). The Hall–Kier alpha value is -0.440. The van der Waals surface area contributed by atoms with E-state index in [1.807, 2.05) is 6.20 Å². The first-order valence-electron chi connectivity index (χ1n) is 3.37. The molecule has 0 aromatic heterocycles. The fourth-order valence-electron chi connectivity index (χ4n) is 0.527. The molecule has 0 atom stereocenters. The summed E-state index contributed by atoms with van der Waals surface area (Å²) in [5.74, 6) is 1.09. The third-order valence-electron chi connectivity index (χ3n) is 0.945. The zero-order valence-corrected chi connectivity index (χ0v) is 7.40. The van der Waals surface area contributed by atoms with Crippen LogP contribution in [0, 0.1) is 0 Å². The summed E-state index contributed by atoms with van der Waals surface area (Å²) in [4.78, 5) is 3.62. The zero-order valence-electron chi connectivity index (χ0n) is 6.58. The summed E-state index contributed by atoms with van der Waals surface area (Å²) in [7, 11) is 0. The largest absolute Gasteiger partial charge is 0.322 e. The van der Waals surface area contributed by atoms with Crippen molar-refractivity contribution in [3.05, 3.63) is 12.4 Å². The molecular formula is C7H14N2S. The van der Waals surface area contributed by atoms with Gasteiger partial charge >= 0.3 is 0 Å². The third-order valence-corrected chi connectivity index (χ3v) is 1.91.